The summed E-state index contributed by atoms with van der Waals surface area (Å²) in [6, 6.07) is 0. The van der Waals surface area contributed by atoms with E-state index in [1.54, 1.807) is 0 Å². The van der Waals surface area contributed by atoms with Crippen LogP contribution < -0.4 is 9.96 Å². The Morgan fingerprint density at radius 1 is 0.846 bits per heavy atom. The van der Waals surface area contributed by atoms with Crippen molar-refractivity contribution in [2.24, 2.45) is 0 Å². The molecule has 0 rings (SSSR count). The van der Waals surface area contributed by atoms with Gasteiger partial charge in [-0.05, 0) is 25.3 Å². The van der Waals surface area contributed by atoms with Crippen molar-refractivity contribution in [3.63, 3.8) is 0 Å². The van der Waals surface area contributed by atoms with Crippen LogP contribution in [0.4, 0.5) is 0 Å². The van der Waals surface area contributed by atoms with Crippen LogP contribution in [-0.4, -0.2) is 29.6 Å². The highest BCUT2D eigenvalue weighted by atomic mass is 28.4. The molecule has 0 saturated carbocycles. The molecule has 0 amide bonds. The molecule has 13 heavy (non-hydrogen) atoms. The third-order valence-electron chi connectivity index (χ3n) is 2.02. The zero-order valence-electron chi connectivity index (χ0n) is 10.1. The minimum absolute atomic E-state index is 0.930. The Balaban J connectivity index is 4.22. The fourth-order valence-electron chi connectivity index (χ4n) is 2.03. The minimum Gasteiger partial charge on any atom is -0.326 e. The largest absolute Gasteiger partial charge is 0.326 e. The molecule has 0 heterocycles. The third-order valence-corrected chi connectivity index (χ3v) is 11.4. The monoisotopic (exact) mass is 218 g/mol. The number of hydrogen-bond donors (Lipinski definition) is 2. The average Bonchev–Trinajstić information content (AvgIpc) is 1.82. The number of nitrogens with one attached hydrogen (secondary N) is 2. The lowest BCUT2D eigenvalue weighted by Gasteiger charge is -2.33. The van der Waals surface area contributed by atoms with Crippen LogP contribution in [0.5, 0.6) is 0 Å². The molecular weight excluding hydrogens is 192 g/mol. The standard InChI is InChI=1S/C9H26N2Si2/c1-7-10-13(6,11-8-2)9-12(3,4)5/h10-11H,7-9H2,1-6H3. The van der Waals surface area contributed by atoms with Crippen LogP contribution in [0.25, 0.3) is 0 Å². The Kier molecular flexibility index (Phi) is 5.43. The average molecular weight is 218 g/mol. The summed E-state index contributed by atoms with van der Waals surface area (Å²) in [7, 11) is -2.25. The van der Waals surface area contributed by atoms with E-state index < -0.39 is 16.5 Å². The first-order valence-corrected chi connectivity index (χ1v) is 11.7. The second-order valence-corrected chi connectivity index (χ2v) is 15.0. The van der Waals surface area contributed by atoms with Gasteiger partial charge in [0.05, 0.1) is 0 Å². The summed E-state index contributed by atoms with van der Waals surface area (Å²) in [4.78, 5) is 7.36. The Labute approximate surface area is 85.7 Å². The van der Waals surface area contributed by atoms with Crippen LogP contribution in [0.15, 0.2) is 0 Å². The van der Waals surface area contributed by atoms with Crippen molar-refractivity contribution < 1.29 is 0 Å². The molecule has 0 aromatic heterocycles. The first-order chi connectivity index (χ1) is 5.83. The van der Waals surface area contributed by atoms with E-state index in [4.69, 9.17) is 0 Å². The molecule has 0 aromatic rings. The summed E-state index contributed by atoms with van der Waals surface area (Å²) in [5, 5.41) is 0. The molecule has 80 valence electrons. The van der Waals surface area contributed by atoms with Crippen molar-refractivity contribution in [1.82, 2.24) is 9.96 Å². The smallest absolute Gasteiger partial charge is 0.195 e. The quantitative estimate of drug-likeness (QED) is 0.668. The second-order valence-electron chi connectivity index (χ2n) is 5.13. The first-order valence-electron chi connectivity index (χ1n) is 5.33. The van der Waals surface area contributed by atoms with Crippen LogP contribution in [-0.2, 0) is 0 Å². The Bertz CT molecular complexity index is 137. The molecule has 2 N–H and O–H groups in total. The molecule has 0 bridgehead atoms. The SMILES string of the molecule is CCN[Si](C)(C[Si](C)(C)C)NCC. The van der Waals surface area contributed by atoms with Gasteiger partial charge in [0.1, 0.15) is 0 Å². The van der Waals surface area contributed by atoms with Crippen molar-refractivity contribution in [2.45, 2.75) is 45.7 Å². The lowest BCUT2D eigenvalue weighted by Crippen LogP contribution is -2.63. The zero-order chi connectivity index (χ0) is 10.5. The Morgan fingerprint density at radius 2 is 1.23 bits per heavy atom. The van der Waals surface area contributed by atoms with E-state index in [2.05, 4.69) is 50.0 Å². The van der Waals surface area contributed by atoms with Gasteiger partial charge in [0.15, 0.2) is 8.40 Å². The van der Waals surface area contributed by atoms with Gasteiger partial charge in [-0.3, -0.25) is 0 Å². The van der Waals surface area contributed by atoms with Gasteiger partial charge in [0.25, 0.3) is 0 Å². The maximum atomic E-state index is 3.68. The molecule has 0 atom stereocenters. The normalized spacial score (nSPS) is 13.4. The molecule has 0 spiro atoms. The van der Waals surface area contributed by atoms with Gasteiger partial charge in [-0.1, -0.05) is 33.5 Å². The topological polar surface area (TPSA) is 24.1 Å². The lowest BCUT2D eigenvalue weighted by molar-refractivity contribution is 0.858. The molecule has 0 unspecified atom stereocenters. The van der Waals surface area contributed by atoms with Gasteiger partial charge in [-0.25, -0.2) is 0 Å². The maximum absolute atomic E-state index is 3.68. The van der Waals surface area contributed by atoms with Gasteiger partial charge in [-0.15, -0.1) is 0 Å². The van der Waals surface area contributed by atoms with E-state index in [9.17, 15) is 0 Å². The highest BCUT2D eigenvalue weighted by Gasteiger charge is 2.32. The van der Waals surface area contributed by atoms with E-state index in [0.29, 0.717) is 0 Å². The van der Waals surface area contributed by atoms with Gasteiger partial charge in [-0.2, -0.15) is 0 Å². The van der Waals surface area contributed by atoms with Crippen molar-refractivity contribution >= 4 is 16.5 Å². The van der Waals surface area contributed by atoms with Gasteiger partial charge >= 0.3 is 0 Å². The van der Waals surface area contributed by atoms with E-state index in [1.165, 1.54) is 5.67 Å². The molecule has 0 fully saturated rings. The number of hydrogen-bond acceptors (Lipinski definition) is 2. The Morgan fingerprint density at radius 3 is 1.46 bits per heavy atom. The van der Waals surface area contributed by atoms with E-state index in [0.717, 1.165) is 13.1 Å². The summed E-state index contributed by atoms with van der Waals surface area (Å²) < 4.78 is 0. The molecule has 4 heteroatoms. The molecule has 0 aliphatic heterocycles. The van der Waals surface area contributed by atoms with Crippen molar-refractivity contribution in [1.29, 1.82) is 0 Å². The van der Waals surface area contributed by atoms with Crippen LogP contribution in [0, 0.1) is 0 Å². The molecule has 0 radical (unpaired) electrons. The van der Waals surface area contributed by atoms with Crippen LogP contribution in [0.1, 0.15) is 13.8 Å². The summed E-state index contributed by atoms with van der Waals surface area (Å²) in [5.74, 6) is 0. The van der Waals surface area contributed by atoms with Gasteiger partial charge in [0, 0.05) is 8.07 Å². The van der Waals surface area contributed by atoms with Crippen LogP contribution in [0.3, 0.4) is 0 Å². The molecule has 0 aromatic carbocycles. The van der Waals surface area contributed by atoms with Crippen molar-refractivity contribution in [3.8, 4) is 0 Å². The summed E-state index contributed by atoms with van der Waals surface area (Å²) >= 11 is 0. The van der Waals surface area contributed by atoms with E-state index in [-0.39, 0.29) is 0 Å². The highest BCUT2D eigenvalue weighted by molar-refractivity contribution is 6.93. The lowest BCUT2D eigenvalue weighted by atomic mass is 10.8. The van der Waals surface area contributed by atoms with Crippen molar-refractivity contribution in [3.05, 3.63) is 0 Å². The fourth-order valence-corrected chi connectivity index (χ4v) is 13.2. The van der Waals surface area contributed by atoms with E-state index in [1.807, 2.05) is 0 Å². The fraction of sp³-hybridized carbons (Fsp3) is 1.00. The summed E-state index contributed by atoms with van der Waals surface area (Å²) in [6.45, 7) is 16.4. The molecular formula is C9H26N2Si2. The van der Waals surface area contributed by atoms with Gasteiger partial charge in [0.2, 0.25) is 0 Å². The predicted octanol–water partition coefficient (Wildman–Crippen LogP) is 2.15. The molecule has 0 aliphatic rings. The summed E-state index contributed by atoms with van der Waals surface area (Å²) in [5.41, 5.74) is 1.42. The third kappa shape index (κ3) is 6.43. The zero-order valence-corrected chi connectivity index (χ0v) is 12.1. The summed E-state index contributed by atoms with van der Waals surface area (Å²) in [6.07, 6.45) is 0. The molecule has 0 aliphatic carbocycles. The van der Waals surface area contributed by atoms with Crippen molar-refractivity contribution in [2.75, 3.05) is 13.1 Å². The first kappa shape index (κ1) is 13.4. The Hall–Kier alpha value is 0.354. The maximum Gasteiger partial charge on any atom is 0.195 e. The molecule has 0 saturated heterocycles. The van der Waals surface area contributed by atoms with Gasteiger partial charge < -0.3 is 9.96 Å². The van der Waals surface area contributed by atoms with E-state index >= 15 is 0 Å². The highest BCUT2D eigenvalue weighted by Crippen LogP contribution is 2.15. The van der Waals surface area contributed by atoms with Crippen LogP contribution in [0.2, 0.25) is 31.9 Å². The van der Waals surface area contributed by atoms with Crippen LogP contribution >= 0.6 is 0 Å². The molecule has 2 nitrogen and oxygen atoms in total. The predicted molar refractivity (Wildman–Crippen MR) is 67.1 cm³/mol. The minimum atomic E-state index is -1.32. The number of rotatable bonds is 6. The second kappa shape index (κ2) is 5.29.